The molecule has 0 saturated carbocycles. The molecule has 8 nitrogen and oxygen atoms in total. The van der Waals surface area contributed by atoms with E-state index in [1.807, 2.05) is 0 Å². The van der Waals surface area contributed by atoms with Crippen molar-refractivity contribution >= 4 is 11.0 Å². The van der Waals surface area contributed by atoms with Gasteiger partial charge in [0.05, 0.1) is 21.3 Å². The molecular formula is C18H16O8. The topological polar surface area (TPSA) is 119 Å². The van der Waals surface area contributed by atoms with Crippen molar-refractivity contribution in [1.82, 2.24) is 0 Å². The summed E-state index contributed by atoms with van der Waals surface area (Å²) in [5, 5.41) is 30.2. The van der Waals surface area contributed by atoms with Gasteiger partial charge >= 0.3 is 0 Å². The third-order valence-electron chi connectivity index (χ3n) is 3.88. The number of hydrogen-bond donors (Lipinski definition) is 3. The molecule has 0 aliphatic carbocycles. The summed E-state index contributed by atoms with van der Waals surface area (Å²) in [6, 6.07) is 5.33. The second-order valence-electron chi connectivity index (χ2n) is 5.36. The molecule has 26 heavy (non-hydrogen) atoms. The van der Waals surface area contributed by atoms with Crippen LogP contribution in [0.3, 0.4) is 0 Å². The van der Waals surface area contributed by atoms with E-state index in [1.165, 1.54) is 45.6 Å². The van der Waals surface area contributed by atoms with Gasteiger partial charge in [-0.05, 0) is 12.1 Å². The van der Waals surface area contributed by atoms with Crippen molar-refractivity contribution in [1.29, 1.82) is 0 Å². The van der Waals surface area contributed by atoms with Crippen molar-refractivity contribution < 1.29 is 33.9 Å². The highest BCUT2D eigenvalue weighted by atomic mass is 16.5. The molecule has 0 unspecified atom stereocenters. The maximum absolute atomic E-state index is 12.5. The summed E-state index contributed by atoms with van der Waals surface area (Å²) in [5.41, 5.74) is -0.636. The number of hydrogen-bond acceptors (Lipinski definition) is 8. The average Bonchev–Trinajstić information content (AvgIpc) is 2.63. The van der Waals surface area contributed by atoms with Gasteiger partial charge in [0.1, 0.15) is 22.5 Å². The SMILES string of the molecule is COc1cc(O)c2c(=O)c(O)c(-c3cc(O)c(OC)c(OC)c3)oc2c1. The lowest BCUT2D eigenvalue weighted by Crippen LogP contribution is -2.03. The third-order valence-corrected chi connectivity index (χ3v) is 3.88. The average molecular weight is 360 g/mol. The van der Waals surface area contributed by atoms with E-state index in [-0.39, 0.29) is 51.0 Å². The third kappa shape index (κ3) is 2.61. The van der Waals surface area contributed by atoms with Crippen LogP contribution in [0.4, 0.5) is 0 Å². The summed E-state index contributed by atoms with van der Waals surface area (Å²) in [6.45, 7) is 0. The van der Waals surface area contributed by atoms with Crippen LogP contribution >= 0.6 is 0 Å². The maximum Gasteiger partial charge on any atom is 0.238 e. The minimum absolute atomic E-state index is 0.00826. The molecular weight excluding hydrogens is 344 g/mol. The smallest absolute Gasteiger partial charge is 0.238 e. The quantitative estimate of drug-likeness (QED) is 0.650. The van der Waals surface area contributed by atoms with Crippen LogP contribution in [0.15, 0.2) is 33.5 Å². The fourth-order valence-corrected chi connectivity index (χ4v) is 2.65. The Morgan fingerprint density at radius 1 is 0.885 bits per heavy atom. The molecule has 0 atom stereocenters. The number of benzene rings is 2. The lowest BCUT2D eigenvalue weighted by atomic mass is 10.1. The van der Waals surface area contributed by atoms with Gasteiger partial charge in [0.2, 0.25) is 16.9 Å². The van der Waals surface area contributed by atoms with Crippen LogP contribution < -0.4 is 19.6 Å². The molecule has 3 rings (SSSR count). The van der Waals surface area contributed by atoms with Crippen molar-refractivity contribution in [3.05, 3.63) is 34.5 Å². The molecule has 0 bridgehead atoms. The van der Waals surface area contributed by atoms with Crippen LogP contribution in [0.5, 0.6) is 34.5 Å². The Morgan fingerprint density at radius 3 is 2.23 bits per heavy atom. The Bertz CT molecular complexity index is 1050. The van der Waals surface area contributed by atoms with Gasteiger partial charge in [-0.25, -0.2) is 0 Å². The fourth-order valence-electron chi connectivity index (χ4n) is 2.65. The minimum Gasteiger partial charge on any atom is -0.507 e. The van der Waals surface area contributed by atoms with Crippen LogP contribution in [-0.4, -0.2) is 36.6 Å². The van der Waals surface area contributed by atoms with Gasteiger partial charge in [0.15, 0.2) is 17.3 Å². The van der Waals surface area contributed by atoms with Crippen molar-refractivity contribution in [2.45, 2.75) is 0 Å². The molecule has 0 saturated heterocycles. The highest BCUT2D eigenvalue weighted by Gasteiger charge is 2.21. The largest absolute Gasteiger partial charge is 0.507 e. The molecule has 136 valence electrons. The molecule has 1 heterocycles. The van der Waals surface area contributed by atoms with Gasteiger partial charge in [0, 0.05) is 17.7 Å². The van der Waals surface area contributed by atoms with Crippen LogP contribution in [0.1, 0.15) is 0 Å². The number of phenols is 2. The van der Waals surface area contributed by atoms with Crippen molar-refractivity contribution in [3.63, 3.8) is 0 Å². The van der Waals surface area contributed by atoms with Gasteiger partial charge in [-0.2, -0.15) is 0 Å². The van der Waals surface area contributed by atoms with Gasteiger partial charge < -0.3 is 33.9 Å². The summed E-state index contributed by atoms with van der Waals surface area (Å²) >= 11 is 0. The summed E-state index contributed by atoms with van der Waals surface area (Å²) in [4.78, 5) is 12.5. The molecule has 1 aromatic heterocycles. The zero-order chi connectivity index (χ0) is 19.0. The number of methoxy groups -OCH3 is 3. The highest BCUT2D eigenvalue weighted by molar-refractivity contribution is 5.88. The van der Waals surface area contributed by atoms with Crippen molar-refractivity contribution in [2.24, 2.45) is 0 Å². The summed E-state index contributed by atoms with van der Waals surface area (Å²) in [5.74, 6) is -1.03. The Balaban J connectivity index is 2.34. The summed E-state index contributed by atoms with van der Waals surface area (Å²) in [6.07, 6.45) is 0. The molecule has 0 radical (unpaired) electrons. The van der Waals surface area contributed by atoms with Gasteiger partial charge in [0.25, 0.3) is 0 Å². The van der Waals surface area contributed by atoms with E-state index in [1.54, 1.807) is 0 Å². The van der Waals surface area contributed by atoms with Crippen LogP contribution in [-0.2, 0) is 0 Å². The number of fused-ring (bicyclic) bond motifs is 1. The number of ether oxygens (including phenoxy) is 3. The molecule has 0 aliphatic heterocycles. The first-order valence-electron chi connectivity index (χ1n) is 7.43. The molecule has 2 aromatic carbocycles. The van der Waals surface area contributed by atoms with E-state index in [0.717, 1.165) is 0 Å². The van der Waals surface area contributed by atoms with E-state index in [2.05, 4.69) is 0 Å². The molecule has 0 amide bonds. The van der Waals surface area contributed by atoms with Crippen molar-refractivity contribution in [2.75, 3.05) is 21.3 Å². The number of phenolic OH excluding ortho intramolecular Hbond substituents is 2. The molecule has 3 N–H and O–H groups in total. The standard InChI is InChI=1S/C18H16O8/c1-23-9-6-10(19)14-12(7-9)26-17(16(22)15(14)21)8-4-11(20)18(25-3)13(5-8)24-2/h4-7,19-20,22H,1-3H3. The molecule has 0 spiro atoms. The molecule has 8 heteroatoms. The van der Waals surface area contributed by atoms with E-state index in [4.69, 9.17) is 18.6 Å². The monoisotopic (exact) mass is 360 g/mol. The molecule has 0 aliphatic rings. The lowest BCUT2D eigenvalue weighted by molar-refractivity contribution is 0.333. The van der Waals surface area contributed by atoms with E-state index < -0.39 is 11.2 Å². The molecule has 0 fully saturated rings. The highest BCUT2D eigenvalue weighted by Crippen LogP contribution is 2.43. The predicted molar refractivity (Wildman–Crippen MR) is 92.6 cm³/mol. The lowest BCUT2D eigenvalue weighted by Gasteiger charge is -2.13. The first kappa shape index (κ1) is 17.3. The second-order valence-corrected chi connectivity index (χ2v) is 5.36. The van der Waals surface area contributed by atoms with Gasteiger partial charge in [-0.3, -0.25) is 4.79 Å². The Kier molecular flexibility index (Phi) is 4.25. The van der Waals surface area contributed by atoms with E-state index in [9.17, 15) is 20.1 Å². The first-order valence-corrected chi connectivity index (χ1v) is 7.43. The van der Waals surface area contributed by atoms with Gasteiger partial charge in [-0.15, -0.1) is 0 Å². The Hall–Kier alpha value is -3.55. The van der Waals surface area contributed by atoms with Crippen LogP contribution in [0.25, 0.3) is 22.3 Å². The minimum atomic E-state index is -0.823. The van der Waals surface area contributed by atoms with E-state index >= 15 is 0 Å². The summed E-state index contributed by atoms with van der Waals surface area (Å²) in [7, 11) is 4.13. The zero-order valence-electron chi connectivity index (χ0n) is 14.2. The number of aromatic hydroxyl groups is 3. The zero-order valence-corrected chi connectivity index (χ0v) is 14.2. The van der Waals surface area contributed by atoms with Gasteiger partial charge in [-0.1, -0.05) is 0 Å². The van der Waals surface area contributed by atoms with Crippen LogP contribution in [0.2, 0.25) is 0 Å². The molecule has 3 aromatic rings. The Morgan fingerprint density at radius 2 is 1.62 bits per heavy atom. The Labute approximate surface area is 147 Å². The predicted octanol–water partition coefficient (Wildman–Crippen LogP) is 2.60. The number of rotatable bonds is 4. The maximum atomic E-state index is 12.5. The van der Waals surface area contributed by atoms with Crippen LogP contribution in [0, 0.1) is 0 Å². The second kappa shape index (κ2) is 6.40. The fraction of sp³-hybridized carbons (Fsp3) is 0.167. The summed E-state index contributed by atoms with van der Waals surface area (Å²) < 4.78 is 20.9. The first-order chi connectivity index (χ1) is 12.4. The van der Waals surface area contributed by atoms with E-state index in [0.29, 0.717) is 0 Å². The normalized spacial score (nSPS) is 10.7. The van der Waals surface area contributed by atoms with Crippen molar-refractivity contribution in [3.8, 4) is 45.8 Å².